The van der Waals surface area contributed by atoms with Crippen molar-refractivity contribution in [2.45, 2.75) is 24.3 Å². The van der Waals surface area contributed by atoms with Gasteiger partial charge in [0, 0.05) is 23.0 Å². The molecule has 0 aliphatic heterocycles. The Hall–Kier alpha value is -0.470. The second-order valence-corrected chi connectivity index (χ2v) is 7.91. The van der Waals surface area contributed by atoms with Crippen LogP contribution in [0, 0.1) is 6.92 Å². The summed E-state index contributed by atoms with van der Waals surface area (Å²) in [6.07, 6.45) is 1.84. The summed E-state index contributed by atoms with van der Waals surface area (Å²) in [4.78, 5) is 0.0300. The number of halogens is 1. The van der Waals surface area contributed by atoms with Crippen molar-refractivity contribution in [1.82, 2.24) is 4.72 Å². The van der Waals surface area contributed by atoms with E-state index >= 15 is 0 Å². The van der Waals surface area contributed by atoms with Crippen molar-refractivity contribution in [2.24, 2.45) is 0 Å². The maximum atomic E-state index is 12.3. The first-order valence-corrected chi connectivity index (χ1v) is 9.11. The Morgan fingerprint density at radius 2 is 2.10 bits per heavy atom. The van der Waals surface area contributed by atoms with Crippen molar-refractivity contribution in [3.8, 4) is 0 Å². The minimum absolute atomic E-state index is 0.0300. The maximum Gasteiger partial charge on any atom is 0.241 e. The highest BCUT2D eigenvalue weighted by Crippen LogP contribution is 2.26. The lowest BCUT2D eigenvalue weighted by Crippen LogP contribution is -2.42. The normalized spacial score (nSPS) is 15.1. The summed E-state index contributed by atoms with van der Waals surface area (Å²) in [5.74, 6) is 0.423. The summed E-state index contributed by atoms with van der Waals surface area (Å²) >= 11 is 7.28. The second kappa shape index (κ2) is 6.53. The number of aliphatic hydroxyl groups is 1. The van der Waals surface area contributed by atoms with E-state index in [1.54, 1.807) is 13.8 Å². The molecule has 0 heterocycles. The van der Waals surface area contributed by atoms with Crippen LogP contribution in [0.15, 0.2) is 17.0 Å². The van der Waals surface area contributed by atoms with Crippen molar-refractivity contribution in [3.05, 3.63) is 22.7 Å². The van der Waals surface area contributed by atoms with Gasteiger partial charge in [0.1, 0.15) is 0 Å². The summed E-state index contributed by atoms with van der Waals surface area (Å²) in [5, 5.41) is 10.3. The van der Waals surface area contributed by atoms with Gasteiger partial charge >= 0.3 is 0 Å². The number of thioether (sulfide) groups is 1. The van der Waals surface area contributed by atoms with Crippen LogP contribution >= 0.6 is 23.4 Å². The molecule has 0 amide bonds. The monoisotopic (exact) mass is 338 g/mol. The number of hydrogen-bond donors (Lipinski definition) is 3. The fraction of sp³-hybridized carbons (Fsp3) is 0.500. The van der Waals surface area contributed by atoms with Gasteiger partial charge in [-0.2, -0.15) is 11.8 Å². The van der Waals surface area contributed by atoms with Crippen molar-refractivity contribution in [3.63, 3.8) is 0 Å². The Bertz CT molecular complexity index is 589. The molecule has 8 heteroatoms. The molecule has 0 spiro atoms. The van der Waals surface area contributed by atoms with E-state index < -0.39 is 15.6 Å². The average Bonchev–Trinajstić information content (AvgIpc) is 2.31. The highest BCUT2D eigenvalue weighted by molar-refractivity contribution is 7.98. The molecule has 20 heavy (non-hydrogen) atoms. The first-order chi connectivity index (χ1) is 9.09. The number of rotatable bonds is 6. The minimum Gasteiger partial charge on any atom is -0.398 e. The predicted octanol–water partition coefficient (Wildman–Crippen LogP) is 1.62. The van der Waals surface area contributed by atoms with Crippen molar-refractivity contribution in [2.75, 3.05) is 24.3 Å². The van der Waals surface area contributed by atoms with Gasteiger partial charge in [-0.1, -0.05) is 11.6 Å². The minimum atomic E-state index is -3.77. The molecular weight excluding hydrogens is 320 g/mol. The van der Waals surface area contributed by atoms with E-state index in [4.69, 9.17) is 17.3 Å². The SMILES string of the molecule is CSCC(C)(O)CNS(=O)(=O)c1cc(Cl)cc(N)c1C. The molecular formula is C12H19ClN2O3S2. The molecule has 0 radical (unpaired) electrons. The molecule has 0 aromatic heterocycles. The van der Waals surface area contributed by atoms with Crippen LogP contribution in [0.4, 0.5) is 5.69 Å². The molecule has 0 aliphatic carbocycles. The predicted molar refractivity (Wildman–Crippen MR) is 84.8 cm³/mol. The van der Waals surface area contributed by atoms with Gasteiger partial charge in [-0.25, -0.2) is 13.1 Å². The summed E-state index contributed by atoms with van der Waals surface area (Å²) in [7, 11) is -3.77. The third-order valence-corrected chi connectivity index (χ3v) is 5.41. The Labute approximate surface area is 128 Å². The molecule has 1 aromatic carbocycles. The van der Waals surface area contributed by atoms with Crippen LogP contribution in [-0.4, -0.2) is 37.7 Å². The third-order valence-electron chi connectivity index (χ3n) is 2.75. The average molecular weight is 339 g/mol. The first kappa shape index (κ1) is 17.6. The largest absolute Gasteiger partial charge is 0.398 e. The molecule has 1 aromatic rings. The van der Waals surface area contributed by atoms with Crippen LogP contribution < -0.4 is 10.5 Å². The molecule has 1 rings (SSSR count). The number of nitrogen functional groups attached to an aromatic ring is 1. The molecule has 1 unspecified atom stereocenters. The summed E-state index contributed by atoms with van der Waals surface area (Å²) in [6.45, 7) is 3.10. The van der Waals surface area contributed by atoms with Gasteiger partial charge in [0.25, 0.3) is 0 Å². The molecule has 5 nitrogen and oxygen atoms in total. The molecule has 0 fully saturated rings. The fourth-order valence-electron chi connectivity index (χ4n) is 1.64. The summed E-state index contributed by atoms with van der Waals surface area (Å²) in [6, 6.07) is 2.85. The summed E-state index contributed by atoms with van der Waals surface area (Å²) < 4.78 is 26.9. The van der Waals surface area contributed by atoms with Crippen LogP contribution in [0.1, 0.15) is 12.5 Å². The topological polar surface area (TPSA) is 92.4 Å². The highest BCUT2D eigenvalue weighted by Gasteiger charge is 2.25. The Kier molecular flexibility index (Phi) is 5.74. The van der Waals surface area contributed by atoms with Gasteiger partial charge in [-0.3, -0.25) is 0 Å². The van der Waals surface area contributed by atoms with E-state index in [0.717, 1.165) is 0 Å². The Morgan fingerprint density at radius 1 is 1.50 bits per heavy atom. The quantitative estimate of drug-likeness (QED) is 0.685. The van der Waals surface area contributed by atoms with Gasteiger partial charge in [0.05, 0.1) is 10.5 Å². The molecule has 0 saturated heterocycles. The number of benzene rings is 1. The van der Waals surface area contributed by atoms with Crippen LogP contribution in [0.3, 0.4) is 0 Å². The number of nitrogens with two attached hydrogens (primary N) is 1. The van der Waals surface area contributed by atoms with Gasteiger partial charge < -0.3 is 10.8 Å². The summed E-state index contributed by atoms with van der Waals surface area (Å²) in [5.41, 5.74) is 5.35. The first-order valence-electron chi connectivity index (χ1n) is 5.86. The van der Waals surface area contributed by atoms with E-state index in [9.17, 15) is 13.5 Å². The van der Waals surface area contributed by atoms with Gasteiger partial charge in [0.2, 0.25) is 10.0 Å². The van der Waals surface area contributed by atoms with E-state index in [2.05, 4.69) is 4.72 Å². The van der Waals surface area contributed by atoms with Crippen LogP contribution in [0.25, 0.3) is 0 Å². The van der Waals surface area contributed by atoms with E-state index in [-0.39, 0.29) is 16.5 Å². The molecule has 1 atom stereocenters. The fourth-order valence-corrected chi connectivity index (χ4v) is 4.12. The van der Waals surface area contributed by atoms with Crippen LogP contribution in [-0.2, 0) is 10.0 Å². The molecule has 4 N–H and O–H groups in total. The van der Waals surface area contributed by atoms with Gasteiger partial charge in [0.15, 0.2) is 0 Å². The third kappa shape index (κ3) is 4.53. The van der Waals surface area contributed by atoms with E-state index in [0.29, 0.717) is 17.0 Å². The molecule has 114 valence electrons. The number of anilines is 1. The van der Waals surface area contributed by atoms with Crippen molar-refractivity contribution in [1.29, 1.82) is 0 Å². The number of hydrogen-bond acceptors (Lipinski definition) is 5. The Morgan fingerprint density at radius 3 is 2.65 bits per heavy atom. The molecule has 0 aliphatic rings. The molecule has 0 saturated carbocycles. The second-order valence-electron chi connectivity index (χ2n) is 4.87. The maximum absolute atomic E-state index is 12.3. The lowest BCUT2D eigenvalue weighted by Gasteiger charge is -2.23. The van der Waals surface area contributed by atoms with E-state index in [1.807, 2.05) is 6.26 Å². The van der Waals surface area contributed by atoms with Gasteiger partial charge in [-0.05, 0) is 37.8 Å². The number of sulfonamides is 1. The lowest BCUT2D eigenvalue weighted by molar-refractivity contribution is 0.0908. The Balaban J connectivity index is 3.01. The number of nitrogens with one attached hydrogen (secondary N) is 1. The smallest absolute Gasteiger partial charge is 0.241 e. The highest BCUT2D eigenvalue weighted by atomic mass is 35.5. The molecule has 0 bridgehead atoms. The zero-order valence-electron chi connectivity index (χ0n) is 11.6. The zero-order valence-corrected chi connectivity index (χ0v) is 14.0. The van der Waals surface area contributed by atoms with E-state index in [1.165, 1.54) is 23.9 Å². The zero-order chi connectivity index (χ0) is 15.6. The van der Waals surface area contributed by atoms with Crippen molar-refractivity contribution >= 4 is 39.1 Å². The van der Waals surface area contributed by atoms with Crippen LogP contribution in [0.2, 0.25) is 5.02 Å². The van der Waals surface area contributed by atoms with Gasteiger partial charge in [-0.15, -0.1) is 0 Å². The van der Waals surface area contributed by atoms with Crippen LogP contribution in [0.5, 0.6) is 0 Å². The van der Waals surface area contributed by atoms with Crippen molar-refractivity contribution < 1.29 is 13.5 Å². The lowest BCUT2D eigenvalue weighted by atomic mass is 10.1. The standard InChI is InChI=1S/C12H19ClN2O3S2/c1-8-10(14)4-9(13)5-11(8)20(17,18)15-6-12(2,16)7-19-3/h4-5,15-16H,6-7,14H2,1-3H3.